The number of hydrogen-bond donors (Lipinski definition) is 1. The van der Waals surface area contributed by atoms with Crippen LogP contribution in [0.2, 0.25) is 0 Å². The van der Waals surface area contributed by atoms with E-state index in [9.17, 15) is 19.2 Å². The Morgan fingerprint density at radius 1 is 0.950 bits per heavy atom. The van der Waals surface area contributed by atoms with Gasteiger partial charge in [-0.3, -0.25) is 24.1 Å². The number of likely N-dealkylation sites (N-methyl/N-ethyl adjacent to an activating group) is 2. The van der Waals surface area contributed by atoms with Crippen LogP contribution >= 0.6 is 11.3 Å². The highest BCUT2D eigenvalue weighted by Gasteiger charge is 2.43. The van der Waals surface area contributed by atoms with Crippen LogP contribution in [0, 0.1) is 29.6 Å². The molecule has 1 aliphatic heterocycles. The van der Waals surface area contributed by atoms with Gasteiger partial charge in [0, 0.05) is 64.9 Å². The zero-order valence-electron chi connectivity index (χ0n) is 38.7. The molecule has 9 atom stereocenters. The molecule has 3 amide bonds. The number of hydrogen-bond acceptors (Lipinski definition) is 10. The first-order chi connectivity index (χ1) is 28.6. The van der Waals surface area contributed by atoms with Gasteiger partial charge in [-0.15, -0.1) is 11.3 Å². The van der Waals surface area contributed by atoms with Crippen molar-refractivity contribution in [3.05, 3.63) is 52.5 Å². The Hall–Kier alpha value is -3.23. The van der Waals surface area contributed by atoms with E-state index < -0.39 is 30.1 Å². The summed E-state index contributed by atoms with van der Waals surface area (Å²) in [5.41, 5.74) is 1.09. The molecule has 3 rings (SSSR count). The average Bonchev–Trinajstić information content (AvgIpc) is 3.95. The second-order valence-corrected chi connectivity index (χ2v) is 18.4. The van der Waals surface area contributed by atoms with Crippen LogP contribution in [0.4, 0.5) is 0 Å². The smallest absolute Gasteiger partial charge is 0.226 e. The second kappa shape index (κ2) is 25.6. The molecule has 1 aromatic heterocycles. The molecule has 13 heteroatoms. The van der Waals surface area contributed by atoms with Gasteiger partial charge >= 0.3 is 0 Å². The number of carbonyl (C=O) groups excluding carboxylic acids is 4. The lowest BCUT2D eigenvalue weighted by atomic mass is 9.83. The summed E-state index contributed by atoms with van der Waals surface area (Å²) in [6, 6.07) is 8.67. The fourth-order valence-corrected chi connectivity index (χ4v) is 9.68. The molecule has 0 spiro atoms. The molecule has 1 aliphatic rings. The van der Waals surface area contributed by atoms with Crippen molar-refractivity contribution in [2.24, 2.45) is 29.6 Å². The molecule has 0 bridgehead atoms. The van der Waals surface area contributed by atoms with Crippen LogP contribution in [-0.4, -0.2) is 128 Å². The molecule has 60 heavy (non-hydrogen) atoms. The third kappa shape index (κ3) is 14.2. The Morgan fingerprint density at radius 2 is 1.65 bits per heavy atom. The lowest BCUT2D eigenvalue weighted by Gasteiger charge is -2.41. The normalized spacial score (nSPS) is 18.5. The van der Waals surface area contributed by atoms with Crippen molar-refractivity contribution in [2.75, 3.05) is 54.6 Å². The zero-order chi connectivity index (χ0) is 44.5. The Bertz CT molecular complexity index is 1580. The van der Waals surface area contributed by atoms with Crippen molar-refractivity contribution in [1.29, 1.82) is 0 Å². The third-order valence-electron chi connectivity index (χ3n) is 12.5. The minimum Gasteiger partial charge on any atom is -0.380 e. The standard InChI is InChI=1S/C47H77N5O7S/c1-13-25-59-26-24-50(9)42(32(5)6)39(53)29-36(31(3)4)47(56)51(10)43(33(7)14-2)40(57-11)30-41(54)52-23-18-21-38(52)44(58-12)34(8)45(55)49-37(46-48-22-27-60-46)28-35-19-16-15-17-20-35/h15-17,19-20,22,27,31-34,36-38,40,42-44H,13-14,18,21,23-26,28-30H2,1-12H3,(H,49,55)/t33-,34+,36-,37-,38-,40+,42-,43-,44+/m0/s1. The largest absolute Gasteiger partial charge is 0.380 e. The Morgan fingerprint density at radius 3 is 2.22 bits per heavy atom. The van der Waals surface area contributed by atoms with E-state index in [2.05, 4.69) is 36.0 Å². The SMILES string of the molecule is CCCOCCN(C)[C@H](C(=O)C[C@H](C(=O)N(C)[C@@H]([C@@H](C)CC)[C@@H](CC(=O)N1CCC[C@H]1[C@H](OC)[C@@H](C)C(=O)N[C@@H](Cc1ccccc1)c1nccs1)OC)C(C)C)C(C)C. The Balaban J connectivity index is 1.77. The van der Waals surface area contributed by atoms with E-state index in [1.54, 1.807) is 32.4 Å². The molecular formula is C47H77N5O7S. The number of nitrogens with one attached hydrogen (secondary N) is 1. The number of likely N-dealkylation sites (tertiary alicyclic amines) is 1. The van der Waals surface area contributed by atoms with Crippen LogP contribution in [0.5, 0.6) is 0 Å². The summed E-state index contributed by atoms with van der Waals surface area (Å²) >= 11 is 1.51. The highest BCUT2D eigenvalue weighted by atomic mass is 32.1. The number of rotatable bonds is 27. The number of nitrogens with zero attached hydrogens (tertiary/aromatic N) is 4. The van der Waals surface area contributed by atoms with E-state index in [-0.39, 0.29) is 72.2 Å². The van der Waals surface area contributed by atoms with Crippen LogP contribution in [0.3, 0.4) is 0 Å². The van der Waals surface area contributed by atoms with Crippen LogP contribution in [0.1, 0.15) is 111 Å². The molecule has 0 aliphatic carbocycles. The number of ketones is 1. The lowest BCUT2D eigenvalue weighted by molar-refractivity contribution is -0.149. The van der Waals surface area contributed by atoms with Gasteiger partial charge in [0.05, 0.1) is 55.3 Å². The summed E-state index contributed by atoms with van der Waals surface area (Å²) in [6.45, 7) is 18.6. The number of ether oxygens (including phenoxy) is 3. The molecule has 1 aromatic carbocycles. The molecule has 2 aromatic rings. The maximum absolute atomic E-state index is 14.6. The summed E-state index contributed by atoms with van der Waals surface area (Å²) in [4.78, 5) is 67.1. The monoisotopic (exact) mass is 856 g/mol. The number of thiazole rings is 1. The van der Waals surface area contributed by atoms with Gasteiger partial charge in [-0.05, 0) is 56.0 Å². The van der Waals surface area contributed by atoms with Gasteiger partial charge in [-0.25, -0.2) is 4.98 Å². The Labute approximate surface area is 365 Å². The molecule has 1 N–H and O–H groups in total. The topological polar surface area (TPSA) is 131 Å². The van der Waals surface area contributed by atoms with Gasteiger partial charge in [0.2, 0.25) is 17.7 Å². The van der Waals surface area contributed by atoms with Gasteiger partial charge in [0.15, 0.2) is 5.78 Å². The van der Waals surface area contributed by atoms with E-state index in [1.807, 2.05) is 82.3 Å². The third-order valence-corrected chi connectivity index (χ3v) is 13.4. The minimum atomic E-state index is -0.595. The predicted octanol–water partition coefficient (Wildman–Crippen LogP) is 7.08. The molecule has 1 fully saturated rings. The van der Waals surface area contributed by atoms with Crippen LogP contribution in [0.25, 0.3) is 0 Å². The van der Waals surface area contributed by atoms with Crippen LogP contribution in [-0.2, 0) is 39.8 Å². The van der Waals surface area contributed by atoms with Gasteiger partial charge in [0.1, 0.15) is 5.01 Å². The van der Waals surface area contributed by atoms with Crippen molar-refractivity contribution in [1.82, 2.24) is 25.0 Å². The second-order valence-electron chi connectivity index (χ2n) is 17.5. The fourth-order valence-electron chi connectivity index (χ4n) is 8.99. The maximum Gasteiger partial charge on any atom is 0.226 e. The molecule has 2 heterocycles. The minimum absolute atomic E-state index is 0.00404. The van der Waals surface area contributed by atoms with Gasteiger partial charge in [-0.2, -0.15) is 0 Å². The van der Waals surface area contributed by atoms with Gasteiger partial charge in [-0.1, -0.05) is 92.1 Å². The summed E-state index contributed by atoms with van der Waals surface area (Å²) in [5.74, 6) is -1.42. The van der Waals surface area contributed by atoms with Crippen molar-refractivity contribution >= 4 is 34.8 Å². The first kappa shape index (κ1) is 51.1. The number of methoxy groups -OCH3 is 2. The van der Waals surface area contributed by atoms with E-state index in [0.29, 0.717) is 39.1 Å². The quantitative estimate of drug-likeness (QED) is 0.0938. The van der Waals surface area contributed by atoms with Crippen LogP contribution < -0.4 is 5.32 Å². The number of Topliss-reactive ketones (excluding diaryl/α,β-unsaturated/α-hetero) is 1. The van der Waals surface area contributed by atoms with E-state index in [4.69, 9.17) is 14.2 Å². The maximum atomic E-state index is 14.6. The van der Waals surface area contributed by atoms with Gasteiger partial charge in [0.25, 0.3) is 0 Å². The number of aromatic nitrogens is 1. The number of carbonyl (C=O) groups is 4. The highest BCUT2D eigenvalue weighted by Crippen LogP contribution is 2.32. The average molecular weight is 856 g/mol. The van der Waals surface area contributed by atoms with Gasteiger partial charge < -0.3 is 29.3 Å². The first-order valence-corrected chi connectivity index (χ1v) is 23.1. The number of amides is 3. The predicted molar refractivity (Wildman–Crippen MR) is 240 cm³/mol. The summed E-state index contributed by atoms with van der Waals surface area (Å²) < 4.78 is 17.9. The molecule has 1 saturated heterocycles. The lowest BCUT2D eigenvalue weighted by Crippen LogP contribution is -2.54. The van der Waals surface area contributed by atoms with E-state index >= 15 is 0 Å². The molecule has 338 valence electrons. The molecule has 0 radical (unpaired) electrons. The molecule has 0 saturated carbocycles. The van der Waals surface area contributed by atoms with Crippen molar-refractivity contribution in [3.63, 3.8) is 0 Å². The Kier molecular flexibility index (Phi) is 21.8. The van der Waals surface area contributed by atoms with Crippen molar-refractivity contribution in [3.8, 4) is 0 Å². The van der Waals surface area contributed by atoms with Crippen LogP contribution in [0.15, 0.2) is 41.9 Å². The summed E-state index contributed by atoms with van der Waals surface area (Å²) in [6.07, 6.45) is 4.60. The summed E-state index contributed by atoms with van der Waals surface area (Å²) in [5, 5.41) is 5.99. The summed E-state index contributed by atoms with van der Waals surface area (Å²) in [7, 11) is 6.96. The fraction of sp³-hybridized carbons (Fsp3) is 0.723. The first-order valence-electron chi connectivity index (χ1n) is 22.3. The van der Waals surface area contributed by atoms with E-state index in [0.717, 1.165) is 29.8 Å². The number of benzene rings is 1. The highest BCUT2D eigenvalue weighted by molar-refractivity contribution is 7.09. The van der Waals surface area contributed by atoms with Crippen molar-refractivity contribution in [2.45, 2.75) is 137 Å². The zero-order valence-corrected chi connectivity index (χ0v) is 39.5. The molecular weight excluding hydrogens is 779 g/mol. The molecule has 0 unspecified atom stereocenters. The van der Waals surface area contributed by atoms with E-state index in [1.165, 1.54) is 11.3 Å². The van der Waals surface area contributed by atoms with Crippen molar-refractivity contribution < 1.29 is 33.4 Å². The molecule has 12 nitrogen and oxygen atoms in total.